The smallest absolute Gasteiger partial charge is 0.000969 e. The fourth-order valence-corrected chi connectivity index (χ4v) is 2.78. The van der Waals surface area contributed by atoms with E-state index in [1.54, 1.807) is 11.1 Å². The molecule has 1 unspecified atom stereocenters. The normalized spacial score (nSPS) is 28.1. The van der Waals surface area contributed by atoms with Crippen molar-refractivity contribution in [2.45, 2.75) is 46.0 Å². The van der Waals surface area contributed by atoms with Crippen LogP contribution in [0.2, 0.25) is 0 Å². The molecule has 0 heteroatoms. The van der Waals surface area contributed by atoms with Crippen LogP contribution >= 0.6 is 0 Å². The van der Waals surface area contributed by atoms with Crippen molar-refractivity contribution in [2.75, 3.05) is 0 Å². The van der Waals surface area contributed by atoms with Crippen LogP contribution in [0.15, 0.2) is 23.3 Å². The van der Waals surface area contributed by atoms with Crippen LogP contribution in [0.25, 0.3) is 0 Å². The molecule has 13 heavy (non-hydrogen) atoms. The first-order valence-electron chi connectivity index (χ1n) is 5.68. The Labute approximate surface area is 81.7 Å². The van der Waals surface area contributed by atoms with Gasteiger partial charge in [-0.05, 0) is 38.0 Å². The van der Waals surface area contributed by atoms with E-state index in [4.69, 9.17) is 0 Å². The Bertz CT molecular complexity index is 243. The predicted octanol–water partition coefficient (Wildman–Crippen LogP) is 4.09. The summed E-state index contributed by atoms with van der Waals surface area (Å²) in [5.41, 5.74) is 3.47. The fraction of sp³-hybridized carbons (Fsp3) is 0.692. The van der Waals surface area contributed by atoms with E-state index in [0.29, 0.717) is 0 Å². The van der Waals surface area contributed by atoms with Gasteiger partial charge >= 0.3 is 0 Å². The molecule has 2 rings (SSSR count). The average Bonchev–Trinajstić information content (AvgIpc) is 2.17. The molecule has 2 aliphatic rings. The van der Waals surface area contributed by atoms with Crippen molar-refractivity contribution in [2.24, 2.45) is 11.8 Å². The van der Waals surface area contributed by atoms with E-state index in [1.807, 2.05) is 0 Å². The second kappa shape index (κ2) is 3.69. The van der Waals surface area contributed by atoms with Crippen LogP contribution in [0.5, 0.6) is 0 Å². The molecule has 0 N–H and O–H groups in total. The number of hydrogen-bond acceptors (Lipinski definition) is 0. The van der Waals surface area contributed by atoms with Gasteiger partial charge in [-0.25, -0.2) is 0 Å². The number of allylic oxidation sites excluding steroid dienone is 4. The van der Waals surface area contributed by atoms with Gasteiger partial charge in [0.2, 0.25) is 0 Å². The monoisotopic (exact) mass is 176 g/mol. The molecule has 0 saturated carbocycles. The molecule has 0 bridgehead atoms. The molecule has 0 aromatic rings. The average molecular weight is 176 g/mol. The lowest BCUT2D eigenvalue weighted by molar-refractivity contribution is 0.491. The largest absolute Gasteiger partial charge is 0.0847 e. The summed E-state index contributed by atoms with van der Waals surface area (Å²) in [5.74, 6) is 1.59. The number of hydrogen-bond donors (Lipinski definition) is 0. The van der Waals surface area contributed by atoms with E-state index in [9.17, 15) is 0 Å². The maximum atomic E-state index is 2.50. The number of rotatable bonds is 1. The van der Waals surface area contributed by atoms with Crippen LogP contribution in [0.1, 0.15) is 46.0 Å². The molecule has 1 atom stereocenters. The van der Waals surface area contributed by atoms with Crippen molar-refractivity contribution >= 4 is 0 Å². The van der Waals surface area contributed by atoms with Crippen LogP contribution in [-0.2, 0) is 0 Å². The Morgan fingerprint density at radius 2 is 2.08 bits per heavy atom. The third-order valence-electron chi connectivity index (χ3n) is 3.43. The molecule has 0 aliphatic heterocycles. The maximum Gasteiger partial charge on any atom is 0.000969 e. The molecule has 2 aliphatic carbocycles. The highest BCUT2D eigenvalue weighted by atomic mass is 14.3. The van der Waals surface area contributed by atoms with Crippen molar-refractivity contribution in [3.05, 3.63) is 23.3 Å². The van der Waals surface area contributed by atoms with E-state index in [-0.39, 0.29) is 0 Å². The highest BCUT2D eigenvalue weighted by Crippen LogP contribution is 2.40. The molecule has 0 fully saturated rings. The maximum absolute atomic E-state index is 2.50. The topological polar surface area (TPSA) is 0 Å². The van der Waals surface area contributed by atoms with Gasteiger partial charge in [-0.1, -0.05) is 37.1 Å². The Morgan fingerprint density at radius 1 is 1.23 bits per heavy atom. The molecule has 0 spiro atoms. The van der Waals surface area contributed by atoms with Crippen molar-refractivity contribution < 1.29 is 0 Å². The summed E-state index contributed by atoms with van der Waals surface area (Å²) in [7, 11) is 0. The summed E-state index contributed by atoms with van der Waals surface area (Å²) in [6.45, 7) is 4.67. The molecule has 0 saturated heterocycles. The molecular weight excluding hydrogens is 156 g/mol. The van der Waals surface area contributed by atoms with Crippen molar-refractivity contribution in [1.29, 1.82) is 0 Å². The summed E-state index contributed by atoms with van der Waals surface area (Å²) in [6, 6.07) is 0. The van der Waals surface area contributed by atoms with E-state index in [0.717, 1.165) is 11.8 Å². The lowest BCUT2D eigenvalue weighted by Gasteiger charge is -2.32. The van der Waals surface area contributed by atoms with E-state index in [1.165, 1.54) is 32.1 Å². The summed E-state index contributed by atoms with van der Waals surface area (Å²) in [6.07, 6.45) is 11.8. The Morgan fingerprint density at radius 3 is 2.85 bits per heavy atom. The summed E-state index contributed by atoms with van der Waals surface area (Å²) >= 11 is 0. The minimum Gasteiger partial charge on any atom is -0.0847 e. The molecule has 0 heterocycles. The van der Waals surface area contributed by atoms with Gasteiger partial charge in [-0.3, -0.25) is 0 Å². The van der Waals surface area contributed by atoms with Crippen molar-refractivity contribution in [3.63, 3.8) is 0 Å². The zero-order chi connectivity index (χ0) is 9.26. The second-order valence-electron chi connectivity index (χ2n) is 4.66. The Kier molecular flexibility index (Phi) is 2.57. The van der Waals surface area contributed by atoms with Gasteiger partial charge in [0.1, 0.15) is 0 Å². The van der Waals surface area contributed by atoms with Gasteiger partial charge in [0.05, 0.1) is 0 Å². The van der Waals surface area contributed by atoms with Gasteiger partial charge < -0.3 is 0 Å². The van der Waals surface area contributed by atoms with Crippen LogP contribution < -0.4 is 0 Å². The van der Waals surface area contributed by atoms with Crippen LogP contribution in [0.4, 0.5) is 0 Å². The van der Waals surface area contributed by atoms with Crippen LogP contribution in [0.3, 0.4) is 0 Å². The Hall–Kier alpha value is -0.520. The third kappa shape index (κ3) is 1.72. The van der Waals surface area contributed by atoms with Gasteiger partial charge in [0, 0.05) is 5.92 Å². The van der Waals surface area contributed by atoms with Gasteiger partial charge in [-0.2, -0.15) is 0 Å². The second-order valence-corrected chi connectivity index (χ2v) is 4.66. The number of fused-ring (bicyclic) bond motifs is 1. The van der Waals surface area contributed by atoms with Crippen LogP contribution in [0, 0.1) is 11.8 Å². The highest BCUT2D eigenvalue weighted by Gasteiger charge is 2.25. The molecule has 0 aromatic carbocycles. The molecule has 0 nitrogen and oxygen atoms in total. The fourth-order valence-electron chi connectivity index (χ4n) is 2.78. The summed E-state index contributed by atoms with van der Waals surface area (Å²) < 4.78 is 0. The lowest BCUT2D eigenvalue weighted by Crippen LogP contribution is -2.18. The molecule has 0 amide bonds. The van der Waals surface area contributed by atoms with Gasteiger partial charge in [0.15, 0.2) is 0 Å². The van der Waals surface area contributed by atoms with Crippen molar-refractivity contribution in [3.8, 4) is 0 Å². The van der Waals surface area contributed by atoms with E-state index < -0.39 is 0 Å². The Balaban J connectivity index is 2.24. The summed E-state index contributed by atoms with van der Waals surface area (Å²) in [4.78, 5) is 0. The van der Waals surface area contributed by atoms with E-state index in [2.05, 4.69) is 26.0 Å². The molecule has 0 aromatic heterocycles. The highest BCUT2D eigenvalue weighted by molar-refractivity contribution is 5.28. The first kappa shape index (κ1) is 9.05. The van der Waals surface area contributed by atoms with Crippen molar-refractivity contribution in [1.82, 2.24) is 0 Å². The standard InChI is InChI=1S/C13H20/c1-10(2)12-9-5-7-11-6-3-4-8-13(11)12/h6,9-10,13H,3-5,7-8H2,1-2H3. The molecule has 72 valence electrons. The molecule has 0 radical (unpaired) electrons. The zero-order valence-corrected chi connectivity index (χ0v) is 8.84. The van der Waals surface area contributed by atoms with Crippen LogP contribution in [-0.4, -0.2) is 0 Å². The first-order chi connectivity index (χ1) is 6.29. The van der Waals surface area contributed by atoms with E-state index >= 15 is 0 Å². The SMILES string of the molecule is CC(C)C1=CCCC2=CCCCC21. The molecular formula is C13H20. The predicted molar refractivity (Wildman–Crippen MR) is 57.6 cm³/mol. The zero-order valence-electron chi connectivity index (χ0n) is 8.84. The third-order valence-corrected chi connectivity index (χ3v) is 3.43. The van der Waals surface area contributed by atoms with Gasteiger partial charge in [-0.15, -0.1) is 0 Å². The first-order valence-corrected chi connectivity index (χ1v) is 5.68. The minimum absolute atomic E-state index is 0.756. The lowest BCUT2D eigenvalue weighted by atomic mass is 9.73. The van der Waals surface area contributed by atoms with Gasteiger partial charge in [0.25, 0.3) is 0 Å². The quantitative estimate of drug-likeness (QED) is 0.528. The minimum atomic E-state index is 0.756. The summed E-state index contributed by atoms with van der Waals surface area (Å²) in [5, 5.41) is 0.